The molecule has 22 heavy (non-hydrogen) atoms. The number of carbonyl (C=O) groups excluding carboxylic acids is 1. The third kappa shape index (κ3) is 7.00. The molecule has 1 aromatic rings. The van der Waals surface area contributed by atoms with Crippen LogP contribution >= 0.6 is 0 Å². The number of hydrogen-bond acceptors (Lipinski definition) is 3. The minimum atomic E-state index is -1.36. The summed E-state index contributed by atoms with van der Waals surface area (Å²) >= 11 is 0. The van der Waals surface area contributed by atoms with Crippen LogP contribution < -0.4 is 11.5 Å². The van der Waals surface area contributed by atoms with E-state index < -0.39 is 29.6 Å². The fraction of sp³-hybridized carbons (Fsp3) is 0.588. The lowest BCUT2D eigenvalue weighted by atomic mass is 9.88. The van der Waals surface area contributed by atoms with E-state index in [0.29, 0.717) is 12.8 Å². The number of aliphatic hydroxyl groups excluding tert-OH is 1. The van der Waals surface area contributed by atoms with Gasteiger partial charge in [-0.2, -0.15) is 0 Å². The molecule has 0 saturated heterocycles. The number of rotatable bonds is 9. The lowest BCUT2D eigenvalue weighted by molar-refractivity contribution is -0.123. The van der Waals surface area contributed by atoms with Gasteiger partial charge in [0.15, 0.2) is 0 Å². The van der Waals surface area contributed by atoms with Gasteiger partial charge in [0.1, 0.15) is 5.67 Å². The van der Waals surface area contributed by atoms with E-state index in [1.54, 1.807) is 0 Å². The molecule has 0 heterocycles. The van der Waals surface area contributed by atoms with Crippen molar-refractivity contribution in [2.75, 3.05) is 0 Å². The molecule has 0 aromatic heterocycles. The van der Waals surface area contributed by atoms with Crippen molar-refractivity contribution >= 4 is 5.91 Å². The van der Waals surface area contributed by atoms with E-state index in [2.05, 4.69) is 0 Å². The third-order valence-electron chi connectivity index (χ3n) is 3.82. The van der Waals surface area contributed by atoms with Gasteiger partial charge < -0.3 is 16.6 Å². The highest BCUT2D eigenvalue weighted by Crippen LogP contribution is 2.23. The topological polar surface area (TPSA) is 89.3 Å². The zero-order chi connectivity index (χ0) is 16.8. The molecule has 1 amide bonds. The van der Waals surface area contributed by atoms with E-state index in [1.165, 1.54) is 13.8 Å². The van der Waals surface area contributed by atoms with Crippen LogP contribution in [0.15, 0.2) is 30.3 Å². The molecule has 124 valence electrons. The Kier molecular flexibility index (Phi) is 6.97. The minimum Gasteiger partial charge on any atom is -0.391 e. The Balaban J connectivity index is 2.55. The van der Waals surface area contributed by atoms with E-state index in [9.17, 15) is 14.3 Å². The molecular weight excluding hydrogens is 283 g/mol. The summed E-state index contributed by atoms with van der Waals surface area (Å²) in [4.78, 5) is 11.5. The average Bonchev–Trinajstić information content (AvgIpc) is 2.42. The predicted molar refractivity (Wildman–Crippen MR) is 85.9 cm³/mol. The van der Waals surface area contributed by atoms with Crippen molar-refractivity contribution in [2.24, 2.45) is 17.4 Å². The molecule has 3 atom stereocenters. The number of carbonyl (C=O) groups is 1. The van der Waals surface area contributed by atoms with E-state index in [-0.39, 0.29) is 12.8 Å². The first-order valence-corrected chi connectivity index (χ1v) is 7.65. The fourth-order valence-corrected chi connectivity index (χ4v) is 2.38. The second kappa shape index (κ2) is 8.25. The van der Waals surface area contributed by atoms with Gasteiger partial charge in [-0.25, -0.2) is 4.39 Å². The summed E-state index contributed by atoms with van der Waals surface area (Å²) in [6.45, 7) is 2.92. The van der Waals surface area contributed by atoms with Crippen LogP contribution in [-0.2, 0) is 11.2 Å². The second-order valence-electron chi connectivity index (χ2n) is 6.51. The maximum absolute atomic E-state index is 13.6. The van der Waals surface area contributed by atoms with Gasteiger partial charge >= 0.3 is 0 Å². The quantitative estimate of drug-likeness (QED) is 0.651. The highest BCUT2D eigenvalue weighted by atomic mass is 19.1. The number of amides is 1. The van der Waals surface area contributed by atoms with Crippen LogP contribution in [0.25, 0.3) is 0 Å². The molecule has 1 aromatic carbocycles. The fourth-order valence-electron chi connectivity index (χ4n) is 2.38. The van der Waals surface area contributed by atoms with Crippen LogP contribution in [0.2, 0.25) is 0 Å². The standard InChI is InChI=1S/C17H27FN2O2/c1-17(2,18)9-8-13(16(20)22)11-15(21)14(19)10-12-6-4-3-5-7-12/h3-7,13-15,21H,8-11,19H2,1-2H3,(H2,20,22)/t13-,14+,15+/m1/s1. The number of nitrogens with two attached hydrogens (primary N) is 2. The molecule has 0 aliphatic heterocycles. The van der Waals surface area contributed by atoms with Crippen molar-refractivity contribution < 1.29 is 14.3 Å². The van der Waals surface area contributed by atoms with Crippen molar-refractivity contribution in [3.63, 3.8) is 0 Å². The number of benzene rings is 1. The Bertz CT molecular complexity index is 459. The van der Waals surface area contributed by atoms with Crippen LogP contribution in [0.1, 0.15) is 38.7 Å². The summed E-state index contributed by atoms with van der Waals surface area (Å²) in [7, 11) is 0. The zero-order valence-electron chi connectivity index (χ0n) is 13.3. The molecule has 0 aliphatic rings. The van der Waals surface area contributed by atoms with Crippen LogP contribution in [0.3, 0.4) is 0 Å². The molecule has 5 heteroatoms. The summed E-state index contributed by atoms with van der Waals surface area (Å²) in [5, 5.41) is 10.2. The highest BCUT2D eigenvalue weighted by molar-refractivity contribution is 5.76. The number of alkyl halides is 1. The number of halogens is 1. The largest absolute Gasteiger partial charge is 0.391 e. The summed E-state index contributed by atoms with van der Waals surface area (Å²) in [5.41, 5.74) is 11.0. The van der Waals surface area contributed by atoms with E-state index in [0.717, 1.165) is 5.56 Å². The molecule has 0 fully saturated rings. The average molecular weight is 310 g/mol. The Morgan fingerprint density at radius 1 is 1.32 bits per heavy atom. The summed E-state index contributed by atoms with van der Waals surface area (Å²) < 4.78 is 13.6. The molecule has 0 aliphatic carbocycles. The predicted octanol–water partition coefficient (Wildman–Crippen LogP) is 1.94. The smallest absolute Gasteiger partial charge is 0.220 e. The first kappa shape index (κ1) is 18.6. The van der Waals surface area contributed by atoms with Gasteiger partial charge in [0.05, 0.1) is 6.10 Å². The van der Waals surface area contributed by atoms with Gasteiger partial charge in [-0.3, -0.25) is 4.79 Å². The van der Waals surface area contributed by atoms with Crippen LogP contribution in [0, 0.1) is 5.92 Å². The van der Waals surface area contributed by atoms with Crippen molar-refractivity contribution in [1.29, 1.82) is 0 Å². The summed E-state index contributed by atoms with van der Waals surface area (Å²) in [6.07, 6.45) is 0.372. The van der Waals surface area contributed by atoms with Crippen molar-refractivity contribution in [2.45, 2.75) is 57.3 Å². The van der Waals surface area contributed by atoms with Gasteiger partial charge in [-0.05, 0) is 45.1 Å². The molecule has 0 unspecified atom stereocenters. The number of primary amides is 1. The summed E-state index contributed by atoms with van der Waals surface area (Å²) in [6, 6.07) is 9.11. The Hall–Kier alpha value is -1.46. The van der Waals surface area contributed by atoms with E-state index in [1.807, 2.05) is 30.3 Å². The van der Waals surface area contributed by atoms with Crippen LogP contribution in [-0.4, -0.2) is 28.8 Å². The third-order valence-corrected chi connectivity index (χ3v) is 3.82. The molecule has 0 spiro atoms. The molecule has 4 nitrogen and oxygen atoms in total. The lowest BCUT2D eigenvalue weighted by Gasteiger charge is -2.24. The van der Waals surface area contributed by atoms with Crippen molar-refractivity contribution in [3.8, 4) is 0 Å². The van der Waals surface area contributed by atoms with Gasteiger partial charge in [0.2, 0.25) is 5.91 Å². The van der Waals surface area contributed by atoms with Gasteiger partial charge in [-0.1, -0.05) is 30.3 Å². The maximum Gasteiger partial charge on any atom is 0.220 e. The first-order chi connectivity index (χ1) is 10.2. The normalized spacial score (nSPS) is 16.0. The molecule has 0 saturated carbocycles. The first-order valence-electron chi connectivity index (χ1n) is 7.65. The Morgan fingerprint density at radius 2 is 1.91 bits per heavy atom. The SMILES string of the molecule is CC(C)(F)CC[C@H](C[C@H](O)[C@@H](N)Cc1ccccc1)C(N)=O. The molecule has 0 bridgehead atoms. The Labute approximate surface area is 131 Å². The van der Waals surface area contributed by atoms with Crippen LogP contribution in [0.5, 0.6) is 0 Å². The zero-order valence-corrected chi connectivity index (χ0v) is 13.3. The molecule has 5 N–H and O–H groups in total. The monoisotopic (exact) mass is 310 g/mol. The maximum atomic E-state index is 13.6. The van der Waals surface area contributed by atoms with Gasteiger partial charge in [0, 0.05) is 12.0 Å². The summed E-state index contributed by atoms with van der Waals surface area (Å²) in [5.74, 6) is -1.08. The lowest BCUT2D eigenvalue weighted by Crippen LogP contribution is -2.40. The van der Waals surface area contributed by atoms with Gasteiger partial charge in [-0.15, -0.1) is 0 Å². The second-order valence-corrected chi connectivity index (χ2v) is 6.51. The van der Waals surface area contributed by atoms with Crippen LogP contribution in [0.4, 0.5) is 4.39 Å². The highest BCUT2D eigenvalue weighted by Gasteiger charge is 2.26. The molecule has 1 rings (SSSR count). The number of aliphatic hydroxyl groups is 1. The van der Waals surface area contributed by atoms with Crippen molar-refractivity contribution in [3.05, 3.63) is 35.9 Å². The Morgan fingerprint density at radius 3 is 2.41 bits per heavy atom. The van der Waals surface area contributed by atoms with E-state index in [4.69, 9.17) is 11.5 Å². The van der Waals surface area contributed by atoms with E-state index >= 15 is 0 Å². The van der Waals surface area contributed by atoms with Crippen molar-refractivity contribution in [1.82, 2.24) is 0 Å². The minimum absolute atomic E-state index is 0.166. The molecule has 0 radical (unpaired) electrons. The number of hydrogen-bond donors (Lipinski definition) is 3. The molecular formula is C17H27FN2O2. The van der Waals surface area contributed by atoms with Gasteiger partial charge in [0.25, 0.3) is 0 Å².